The molecule has 0 aliphatic rings. The minimum absolute atomic E-state index is 0.256. The molecule has 17 heavy (non-hydrogen) atoms. The van der Waals surface area contributed by atoms with Crippen LogP contribution in [0.2, 0.25) is 5.02 Å². The summed E-state index contributed by atoms with van der Waals surface area (Å²) in [5.41, 5.74) is 8.19. The minimum Gasteiger partial charge on any atom is -0.328 e. The van der Waals surface area contributed by atoms with Gasteiger partial charge in [-0.25, -0.2) is 0 Å². The number of aryl methyl sites for hydroxylation is 2. The zero-order valence-electron chi connectivity index (χ0n) is 11.3. The smallest absolute Gasteiger partial charge is 0.0849 e. The summed E-state index contributed by atoms with van der Waals surface area (Å²) in [7, 11) is 1.95. The molecule has 2 N–H and O–H groups in total. The number of nitrogens with zero attached hydrogens (tertiary/aromatic N) is 2. The van der Waals surface area contributed by atoms with E-state index in [1.165, 1.54) is 0 Å². The fourth-order valence-electron chi connectivity index (χ4n) is 2.14. The van der Waals surface area contributed by atoms with Gasteiger partial charge in [0.1, 0.15) is 0 Å². The van der Waals surface area contributed by atoms with Crippen molar-refractivity contribution in [1.29, 1.82) is 0 Å². The SMILES string of the molecule is CCc1nn(C)c(CCC(N)CC(C)C)c1Cl. The Bertz CT molecular complexity index is 358. The molecule has 1 aromatic rings. The van der Waals surface area contributed by atoms with E-state index in [0.717, 1.165) is 42.1 Å². The molecule has 98 valence electrons. The van der Waals surface area contributed by atoms with E-state index in [-0.39, 0.29) is 6.04 Å². The van der Waals surface area contributed by atoms with Crippen molar-refractivity contribution < 1.29 is 0 Å². The first-order chi connectivity index (χ1) is 7.95. The van der Waals surface area contributed by atoms with Crippen LogP contribution in [0.15, 0.2) is 0 Å². The molecule has 1 rings (SSSR count). The first-order valence-corrected chi connectivity index (χ1v) is 6.79. The topological polar surface area (TPSA) is 43.8 Å². The molecule has 1 atom stereocenters. The number of rotatable bonds is 6. The van der Waals surface area contributed by atoms with E-state index < -0.39 is 0 Å². The maximum atomic E-state index is 6.29. The molecule has 0 aliphatic heterocycles. The molecule has 0 amide bonds. The molecule has 0 aliphatic carbocycles. The van der Waals surface area contributed by atoms with Crippen molar-refractivity contribution in [3.8, 4) is 0 Å². The van der Waals surface area contributed by atoms with Crippen LogP contribution in [0.5, 0.6) is 0 Å². The highest BCUT2D eigenvalue weighted by atomic mass is 35.5. The highest BCUT2D eigenvalue weighted by Gasteiger charge is 2.14. The van der Waals surface area contributed by atoms with Crippen LogP contribution in [0.4, 0.5) is 0 Å². The number of hydrogen-bond acceptors (Lipinski definition) is 2. The normalized spacial score (nSPS) is 13.4. The highest BCUT2D eigenvalue weighted by molar-refractivity contribution is 6.31. The molecule has 3 nitrogen and oxygen atoms in total. The largest absolute Gasteiger partial charge is 0.328 e. The van der Waals surface area contributed by atoms with Crippen LogP contribution < -0.4 is 5.73 Å². The monoisotopic (exact) mass is 257 g/mol. The Morgan fingerprint density at radius 3 is 2.53 bits per heavy atom. The van der Waals surface area contributed by atoms with Gasteiger partial charge in [-0.1, -0.05) is 32.4 Å². The second-order valence-corrected chi connectivity index (χ2v) is 5.49. The third kappa shape index (κ3) is 4.00. The van der Waals surface area contributed by atoms with Crippen LogP contribution in [-0.4, -0.2) is 15.8 Å². The Balaban J connectivity index is 2.60. The fraction of sp³-hybridized carbons (Fsp3) is 0.769. The minimum atomic E-state index is 0.256. The van der Waals surface area contributed by atoms with Crippen molar-refractivity contribution in [1.82, 2.24) is 9.78 Å². The van der Waals surface area contributed by atoms with Crippen molar-refractivity contribution in [2.24, 2.45) is 18.7 Å². The number of hydrogen-bond donors (Lipinski definition) is 1. The van der Waals surface area contributed by atoms with Crippen LogP contribution in [0.1, 0.15) is 45.0 Å². The Labute approximate surface area is 109 Å². The van der Waals surface area contributed by atoms with Crippen LogP contribution in [0.3, 0.4) is 0 Å². The lowest BCUT2D eigenvalue weighted by atomic mass is 10.00. The summed E-state index contributed by atoms with van der Waals surface area (Å²) in [6, 6.07) is 0.256. The van der Waals surface area contributed by atoms with Crippen molar-refractivity contribution in [2.45, 2.75) is 52.5 Å². The lowest BCUT2D eigenvalue weighted by molar-refractivity contribution is 0.468. The lowest BCUT2D eigenvalue weighted by Crippen LogP contribution is -2.23. The second-order valence-electron chi connectivity index (χ2n) is 5.11. The van der Waals surface area contributed by atoms with Crippen molar-refractivity contribution in [2.75, 3.05) is 0 Å². The maximum absolute atomic E-state index is 6.29. The Morgan fingerprint density at radius 2 is 2.06 bits per heavy atom. The summed E-state index contributed by atoms with van der Waals surface area (Å²) >= 11 is 6.29. The summed E-state index contributed by atoms with van der Waals surface area (Å²) in [4.78, 5) is 0. The number of halogens is 1. The molecular formula is C13H24ClN3. The Kier molecular flexibility index (Phi) is 5.47. The molecule has 1 aromatic heterocycles. The third-order valence-electron chi connectivity index (χ3n) is 3.03. The summed E-state index contributed by atoms with van der Waals surface area (Å²) < 4.78 is 1.89. The van der Waals surface area contributed by atoms with Gasteiger partial charge in [-0.3, -0.25) is 4.68 Å². The van der Waals surface area contributed by atoms with E-state index >= 15 is 0 Å². The van der Waals surface area contributed by atoms with E-state index in [1.54, 1.807) is 0 Å². The molecule has 0 saturated carbocycles. The van der Waals surface area contributed by atoms with Gasteiger partial charge in [0.25, 0.3) is 0 Å². The third-order valence-corrected chi connectivity index (χ3v) is 3.47. The molecule has 0 fully saturated rings. The van der Waals surface area contributed by atoms with Crippen LogP contribution in [0, 0.1) is 5.92 Å². The van der Waals surface area contributed by atoms with Crippen LogP contribution in [-0.2, 0) is 19.9 Å². The summed E-state index contributed by atoms with van der Waals surface area (Å²) in [6.45, 7) is 6.47. The van der Waals surface area contributed by atoms with Gasteiger partial charge in [0.2, 0.25) is 0 Å². The molecule has 1 unspecified atom stereocenters. The first-order valence-electron chi connectivity index (χ1n) is 6.41. The average Bonchev–Trinajstić information content (AvgIpc) is 2.50. The Morgan fingerprint density at radius 1 is 1.41 bits per heavy atom. The molecule has 1 heterocycles. The van der Waals surface area contributed by atoms with Gasteiger partial charge in [0.15, 0.2) is 0 Å². The number of nitrogens with two attached hydrogens (primary N) is 1. The number of aromatic nitrogens is 2. The molecule has 0 radical (unpaired) electrons. The van der Waals surface area contributed by atoms with Crippen molar-refractivity contribution >= 4 is 11.6 Å². The standard InChI is InChI=1S/C13H24ClN3/c1-5-11-13(14)12(17(4)16-11)7-6-10(15)8-9(2)3/h9-10H,5-8,15H2,1-4H3. The van der Waals surface area contributed by atoms with E-state index in [1.807, 2.05) is 11.7 Å². The molecule has 4 heteroatoms. The Hall–Kier alpha value is -0.540. The fourth-order valence-corrected chi connectivity index (χ4v) is 2.53. The molecule has 0 spiro atoms. The van der Waals surface area contributed by atoms with Crippen LogP contribution in [0.25, 0.3) is 0 Å². The predicted molar refractivity (Wildman–Crippen MR) is 73.3 cm³/mol. The summed E-state index contributed by atoms with van der Waals surface area (Å²) in [5, 5.41) is 5.24. The van der Waals surface area contributed by atoms with Gasteiger partial charge >= 0.3 is 0 Å². The van der Waals surface area contributed by atoms with Gasteiger partial charge in [0.05, 0.1) is 16.4 Å². The first kappa shape index (κ1) is 14.5. The van der Waals surface area contributed by atoms with Gasteiger partial charge in [-0.05, 0) is 31.6 Å². The summed E-state index contributed by atoms with van der Waals surface area (Å²) in [5.74, 6) is 0.651. The predicted octanol–water partition coefficient (Wildman–Crippen LogP) is 2.94. The zero-order chi connectivity index (χ0) is 13.0. The van der Waals surface area contributed by atoms with E-state index in [2.05, 4.69) is 25.9 Å². The molecule has 0 saturated heterocycles. The lowest BCUT2D eigenvalue weighted by Gasteiger charge is -2.13. The quantitative estimate of drug-likeness (QED) is 0.852. The van der Waals surface area contributed by atoms with Gasteiger partial charge < -0.3 is 5.73 Å². The van der Waals surface area contributed by atoms with Crippen LogP contribution >= 0.6 is 11.6 Å². The van der Waals surface area contributed by atoms with Gasteiger partial charge in [-0.2, -0.15) is 5.10 Å². The van der Waals surface area contributed by atoms with Crippen molar-refractivity contribution in [3.63, 3.8) is 0 Å². The van der Waals surface area contributed by atoms with E-state index in [0.29, 0.717) is 5.92 Å². The maximum Gasteiger partial charge on any atom is 0.0849 e. The van der Waals surface area contributed by atoms with Crippen molar-refractivity contribution in [3.05, 3.63) is 16.4 Å². The second kappa shape index (κ2) is 6.41. The molecule has 0 aromatic carbocycles. The van der Waals surface area contributed by atoms with Gasteiger partial charge in [0, 0.05) is 13.1 Å². The molecule has 0 bridgehead atoms. The highest BCUT2D eigenvalue weighted by Crippen LogP contribution is 2.22. The zero-order valence-corrected chi connectivity index (χ0v) is 12.1. The van der Waals surface area contributed by atoms with Gasteiger partial charge in [-0.15, -0.1) is 0 Å². The van der Waals surface area contributed by atoms with E-state index in [9.17, 15) is 0 Å². The average molecular weight is 258 g/mol. The summed E-state index contributed by atoms with van der Waals surface area (Å²) in [6.07, 6.45) is 3.83. The molecular weight excluding hydrogens is 234 g/mol. The van der Waals surface area contributed by atoms with E-state index in [4.69, 9.17) is 17.3 Å².